The smallest absolute Gasteiger partial charge is 0.236 e. The topological polar surface area (TPSA) is 49.6 Å². The molecule has 110 valence electrons. The number of nitrogens with zero attached hydrogens (tertiary/aromatic N) is 2. The van der Waals surface area contributed by atoms with Gasteiger partial charge in [-0.15, -0.1) is 0 Å². The highest BCUT2D eigenvalue weighted by molar-refractivity contribution is 5.78. The second-order valence-corrected chi connectivity index (χ2v) is 6.10. The molecule has 0 aromatic heterocycles. The summed E-state index contributed by atoms with van der Waals surface area (Å²) in [5.41, 5.74) is 5.90. The van der Waals surface area contributed by atoms with Crippen LogP contribution in [-0.4, -0.2) is 54.5 Å². The van der Waals surface area contributed by atoms with E-state index in [1.54, 1.807) is 0 Å². The molecule has 2 unspecified atom stereocenters. The van der Waals surface area contributed by atoms with Crippen LogP contribution in [-0.2, 0) is 4.79 Å². The van der Waals surface area contributed by atoms with Crippen LogP contribution in [0.1, 0.15) is 45.4 Å². The minimum atomic E-state index is 0.313. The summed E-state index contributed by atoms with van der Waals surface area (Å²) < 4.78 is 0. The van der Waals surface area contributed by atoms with Crippen molar-refractivity contribution in [1.29, 1.82) is 0 Å². The van der Waals surface area contributed by atoms with Gasteiger partial charge in [-0.05, 0) is 44.6 Å². The molecule has 0 radical (unpaired) electrons. The fourth-order valence-corrected chi connectivity index (χ4v) is 3.42. The largest absolute Gasteiger partial charge is 0.342 e. The van der Waals surface area contributed by atoms with Crippen LogP contribution in [0, 0.1) is 5.92 Å². The minimum Gasteiger partial charge on any atom is -0.342 e. The number of carbonyl (C=O) groups excluding carboxylic acids is 1. The molecule has 0 spiro atoms. The third-order valence-corrected chi connectivity index (χ3v) is 4.84. The molecule has 0 saturated carbocycles. The molecule has 2 atom stereocenters. The van der Waals surface area contributed by atoms with E-state index in [0.717, 1.165) is 25.6 Å². The molecule has 4 heteroatoms. The van der Waals surface area contributed by atoms with Crippen LogP contribution in [0.2, 0.25) is 0 Å². The van der Waals surface area contributed by atoms with Crippen molar-refractivity contribution >= 4 is 5.91 Å². The van der Waals surface area contributed by atoms with Gasteiger partial charge in [0.1, 0.15) is 0 Å². The molecule has 0 aromatic rings. The molecule has 2 N–H and O–H groups in total. The van der Waals surface area contributed by atoms with Crippen LogP contribution >= 0.6 is 0 Å². The van der Waals surface area contributed by atoms with Gasteiger partial charge in [-0.1, -0.05) is 13.3 Å². The summed E-state index contributed by atoms with van der Waals surface area (Å²) in [5.74, 6) is 1.11. The van der Waals surface area contributed by atoms with Crippen LogP contribution in [0.15, 0.2) is 0 Å². The number of amides is 1. The maximum Gasteiger partial charge on any atom is 0.236 e. The molecule has 0 aromatic carbocycles. The van der Waals surface area contributed by atoms with E-state index in [4.69, 9.17) is 5.73 Å². The highest BCUT2D eigenvalue weighted by Gasteiger charge is 2.29. The average molecular weight is 267 g/mol. The number of rotatable bonds is 4. The average Bonchev–Trinajstić information content (AvgIpc) is 2.48. The van der Waals surface area contributed by atoms with E-state index in [1.807, 2.05) is 4.90 Å². The summed E-state index contributed by atoms with van der Waals surface area (Å²) in [6.07, 6.45) is 7.25. The lowest BCUT2D eigenvalue weighted by atomic mass is 9.89. The Labute approximate surface area is 117 Å². The molecule has 0 bridgehead atoms. The van der Waals surface area contributed by atoms with Crippen LogP contribution in [0.4, 0.5) is 0 Å². The molecule has 2 rings (SSSR count). The predicted molar refractivity (Wildman–Crippen MR) is 77.9 cm³/mol. The van der Waals surface area contributed by atoms with Crippen molar-refractivity contribution in [3.63, 3.8) is 0 Å². The van der Waals surface area contributed by atoms with E-state index < -0.39 is 0 Å². The molecule has 4 nitrogen and oxygen atoms in total. The summed E-state index contributed by atoms with van der Waals surface area (Å²) in [6, 6.07) is 0.410. The molecular formula is C15H29N3O. The van der Waals surface area contributed by atoms with Crippen molar-refractivity contribution < 1.29 is 4.79 Å². The van der Waals surface area contributed by atoms with E-state index in [1.165, 1.54) is 38.5 Å². The fraction of sp³-hybridized carbons (Fsp3) is 0.933. The summed E-state index contributed by atoms with van der Waals surface area (Å²) >= 11 is 0. The molecule has 2 heterocycles. The Bertz CT molecular complexity index is 289. The zero-order valence-corrected chi connectivity index (χ0v) is 12.3. The van der Waals surface area contributed by atoms with Gasteiger partial charge in [0.25, 0.3) is 0 Å². The Balaban J connectivity index is 1.84. The van der Waals surface area contributed by atoms with E-state index in [-0.39, 0.29) is 0 Å². The van der Waals surface area contributed by atoms with E-state index in [9.17, 15) is 4.79 Å². The highest BCUT2D eigenvalue weighted by Crippen LogP contribution is 2.25. The van der Waals surface area contributed by atoms with Gasteiger partial charge in [-0.3, -0.25) is 9.69 Å². The Morgan fingerprint density at radius 3 is 2.58 bits per heavy atom. The Morgan fingerprint density at radius 2 is 1.95 bits per heavy atom. The summed E-state index contributed by atoms with van der Waals surface area (Å²) in [7, 11) is 0. The number of piperidine rings is 2. The van der Waals surface area contributed by atoms with E-state index in [2.05, 4.69) is 11.8 Å². The number of nitrogens with two attached hydrogens (primary N) is 1. The zero-order chi connectivity index (χ0) is 13.7. The van der Waals surface area contributed by atoms with Crippen LogP contribution in [0.5, 0.6) is 0 Å². The van der Waals surface area contributed by atoms with Crippen LogP contribution in [0.25, 0.3) is 0 Å². The monoisotopic (exact) mass is 267 g/mol. The van der Waals surface area contributed by atoms with Gasteiger partial charge in [0.2, 0.25) is 5.91 Å². The maximum atomic E-state index is 12.3. The summed E-state index contributed by atoms with van der Waals surface area (Å²) in [6.45, 7) is 6.48. The number of carbonyl (C=O) groups is 1. The Kier molecular flexibility index (Phi) is 5.64. The Morgan fingerprint density at radius 1 is 1.21 bits per heavy atom. The third kappa shape index (κ3) is 3.93. The first-order chi connectivity index (χ1) is 9.24. The fourth-order valence-electron chi connectivity index (χ4n) is 3.42. The lowest BCUT2D eigenvalue weighted by Crippen LogP contribution is -2.51. The number of likely N-dealkylation sites (tertiary alicyclic amines) is 2. The van der Waals surface area contributed by atoms with E-state index >= 15 is 0 Å². The maximum absolute atomic E-state index is 12.3. The SMILES string of the molecule is CCC1CCN(CC(=O)N2CCCCC2)C(CN)C1. The van der Waals surface area contributed by atoms with Crippen molar-refractivity contribution in [1.82, 2.24) is 9.80 Å². The Hall–Kier alpha value is -0.610. The second-order valence-electron chi connectivity index (χ2n) is 6.10. The standard InChI is InChI=1S/C15H29N3O/c1-2-13-6-9-18(14(10-13)11-16)12-15(19)17-7-4-3-5-8-17/h13-14H,2-12,16H2,1H3. The second kappa shape index (κ2) is 7.25. The molecule has 2 aliphatic rings. The molecule has 19 heavy (non-hydrogen) atoms. The van der Waals surface area contributed by atoms with Gasteiger partial charge < -0.3 is 10.6 Å². The van der Waals surface area contributed by atoms with Gasteiger partial charge in [0.15, 0.2) is 0 Å². The highest BCUT2D eigenvalue weighted by atomic mass is 16.2. The van der Waals surface area contributed by atoms with Gasteiger partial charge in [-0.25, -0.2) is 0 Å². The zero-order valence-electron chi connectivity index (χ0n) is 12.3. The molecule has 2 aliphatic heterocycles. The quantitative estimate of drug-likeness (QED) is 0.838. The molecule has 0 aliphatic carbocycles. The van der Waals surface area contributed by atoms with Gasteiger partial charge in [0, 0.05) is 25.7 Å². The summed E-state index contributed by atoms with van der Waals surface area (Å²) in [4.78, 5) is 16.7. The number of hydrogen-bond donors (Lipinski definition) is 1. The van der Waals surface area contributed by atoms with Gasteiger partial charge in [0.05, 0.1) is 6.54 Å². The lowest BCUT2D eigenvalue weighted by molar-refractivity contribution is -0.134. The molecule has 2 fully saturated rings. The predicted octanol–water partition coefficient (Wildman–Crippen LogP) is 1.45. The van der Waals surface area contributed by atoms with Crippen molar-refractivity contribution in [2.24, 2.45) is 11.7 Å². The van der Waals surface area contributed by atoms with Crippen molar-refractivity contribution in [2.75, 3.05) is 32.7 Å². The van der Waals surface area contributed by atoms with Gasteiger partial charge in [-0.2, -0.15) is 0 Å². The first kappa shape index (κ1) is 14.8. The molecule has 2 saturated heterocycles. The van der Waals surface area contributed by atoms with Crippen molar-refractivity contribution in [2.45, 2.75) is 51.5 Å². The first-order valence-electron chi connectivity index (χ1n) is 7.96. The number of hydrogen-bond acceptors (Lipinski definition) is 3. The van der Waals surface area contributed by atoms with Crippen LogP contribution < -0.4 is 5.73 Å². The van der Waals surface area contributed by atoms with Gasteiger partial charge >= 0.3 is 0 Å². The third-order valence-electron chi connectivity index (χ3n) is 4.84. The molecule has 1 amide bonds. The summed E-state index contributed by atoms with van der Waals surface area (Å²) in [5, 5.41) is 0. The first-order valence-corrected chi connectivity index (χ1v) is 7.96. The minimum absolute atomic E-state index is 0.313. The lowest BCUT2D eigenvalue weighted by Gasteiger charge is -2.39. The normalized spacial score (nSPS) is 29.5. The molecular weight excluding hydrogens is 238 g/mol. The van der Waals surface area contributed by atoms with Crippen molar-refractivity contribution in [3.8, 4) is 0 Å². The van der Waals surface area contributed by atoms with E-state index in [0.29, 0.717) is 25.0 Å². The van der Waals surface area contributed by atoms with Crippen molar-refractivity contribution in [3.05, 3.63) is 0 Å². The van der Waals surface area contributed by atoms with Crippen LogP contribution in [0.3, 0.4) is 0 Å².